The van der Waals surface area contributed by atoms with Crippen LogP contribution in [0.2, 0.25) is 0 Å². The molecule has 1 fully saturated rings. The molecule has 0 radical (unpaired) electrons. The predicted octanol–water partition coefficient (Wildman–Crippen LogP) is 2.75. The van der Waals surface area contributed by atoms with Gasteiger partial charge in [-0.25, -0.2) is 0 Å². The molecule has 1 aliphatic rings. The molecule has 0 aliphatic carbocycles. The van der Waals surface area contributed by atoms with Crippen molar-refractivity contribution in [2.24, 2.45) is 5.92 Å². The van der Waals surface area contributed by atoms with Gasteiger partial charge in [-0.1, -0.05) is 13.8 Å². The largest absolute Gasteiger partial charge is 0.342 e. The standard InChI is InChI=1S/C15H30N2O/c1-11(2)13(18)16(7)12-9-14(3,4)17(8)15(5,6)10-12/h11-12H,9-10H2,1-8H3. The normalized spacial score (nSPS) is 24.3. The van der Waals surface area contributed by atoms with Crippen LogP contribution in [0.25, 0.3) is 0 Å². The van der Waals surface area contributed by atoms with Gasteiger partial charge in [0.05, 0.1) is 0 Å². The van der Waals surface area contributed by atoms with E-state index in [2.05, 4.69) is 39.6 Å². The van der Waals surface area contributed by atoms with Gasteiger partial charge in [-0.05, 0) is 47.6 Å². The number of nitrogens with zero attached hydrogens (tertiary/aromatic N) is 2. The van der Waals surface area contributed by atoms with Crippen molar-refractivity contribution in [1.82, 2.24) is 9.80 Å². The minimum absolute atomic E-state index is 0.0841. The number of amides is 1. The average molecular weight is 254 g/mol. The van der Waals surface area contributed by atoms with Crippen molar-refractivity contribution in [3.63, 3.8) is 0 Å². The highest BCUT2D eigenvalue weighted by atomic mass is 16.2. The van der Waals surface area contributed by atoms with Crippen molar-refractivity contribution in [2.75, 3.05) is 14.1 Å². The third-order valence-corrected chi connectivity index (χ3v) is 4.68. The van der Waals surface area contributed by atoms with Crippen molar-refractivity contribution in [3.05, 3.63) is 0 Å². The van der Waals surface area contributed by atoms with Crippen LogP contribution in [-0.4, -0.2) is 46.9 Å². The number of hydrogen-bond acceptors (Lipinski definition) is 2. The van der Waals surface area contributed by atoms with E-state index in [0.29, 0.717) is 6.04 Å². The van der Waals surface area contributed by atoms with Gasteiger partial charge in [0.15, 0.2) is 0 Å². The SMILES string of the molecule is CC(C)C(=O)N(C)C1CC(C)(C)N(C)C(C)(C)C1. The van der Waals surface area contributed by atoms with E-state index >= 15 is 0 Å². The number of hydrogen-bond donors (Lipinski definition) is 0. The summed E-state index contributed by atoms with van der Waals surface area (Å²) in [6, 6.07) is 0.348. The van der Waals surface area contributed by atoms with E-state index in [1.165, 1.54) is 0 Å². The van der Waals surface area contributed by atoms with Crippen molar-refractivity contribution in [3.8, 4) is 0 Å². The summed E-state index contributed by atoms with van der Waals surface area (Å²) in [5.41, 5.74) is 0.274. The van der Waals surface area contributed by atoms with Gasteiger partial charge in [-0.15, -0.1) is 0 Å². The summed E-state index contributed by atoms with van der Waals surface area (Å²) in [5, 5.41) is 0. The number of carbonyl (C=O) groups is 1. The van der Waals surface area contributed by atoms with Crippen LogP contribution in [0.5, 0.6) is 0 Å². The summed E-state index contributed by atoms with van der Waals surface area (Å²) in [4.78, 5) is 16.6. The molecule has 1 heterocycles. The van der Waals surface area contributed by atoms with Crippen LogP contribution < -0.4 is 0 Å². The minimum Gasteiger partial charge on any atom is -0.342 e. The Morgan fingerprint density at radius 2 is 1.56 bits per heavy atom. The molecular formula is C15H30N2O. The highest BCUT2D eigenvalue weighted by Gasteiger charge is 2.44. The van der Waals surface area contributed by atoms with Crippen LogP contribution in [0.4, 0.5) is 0 Å². The Morgan fingerprint density at radius 3 is 1.89 bits per heavy atom. The number of carbonyl (C=O) groups excluding carboxylic acids is 1. The van der Waals surface area contributed by atoms with Crippen molar-refractivity contribution in [1.29, 1.82) is 0 Å². The average Bonchev–Trinajstić information content (AvgIpc) is 2.22. The first-order chi connectivity index (χ1) is 7.99. The molecule has 1 rings (SSSR count). The molecule has 1 aliphatic heterocycles. The van der Waals surface area contributed by atoms with Gasteiger partial charge in [0.25, 0.3) is 0 Å². The molecule has 0 aromatic carbocycles. The maximum Gasteiger partial charge on any atom is 0.225 e. The number of likely N-dealkylation sites (tertiary alicyclic amines) is 1. The fourth-order valence-corrected chi connectivity index (χ4v) is 3.18. The molecule has 0 aromatic heterocycles. The summed E-state index contributed by atoms with van der Waals surface area (Å²) in [5.74, 6) is 0.344. The lowest BCUT2D eigenvalue weighted by molar-refractivity contribution is -0.139. The van der Waals surface area contributed by atoms with Crippen LogP contribution in [0.3, 0.4) is 0 Å². The van der Waals surface area contributed by atoms with Gasteiger partial charge in [-0.2, -0.15) is 0 Å². The quantitative estimate of drug-likeness (QED) is 0.756. The van der Waals surface area contributed by atoms with E-state index in [9.17, 15) is 4.79 Å². The van der Waals surface area contributed by atoms with E-state index in [4.69, 9.17) is 0 Å². The summed E-state index contributed by atoms with van der Waals surface area (Å²) < 4.78 is 0. The van der Waals surface area contributed by atoms with E-state index in [1.807, 2.05) is 25.8 Å². The Morgan fingerprint density at radius 1 is 1.17 bits per heavy atom. The van der Waals surface area contributed by atoms with E-state index < -0.39 is 0 Å². The lowest BCUT2D eigenvalue weighted by atomic mass is 9.77. The predicted molar refractivity (Wildman–Crippen MR) is 76.6 cm³/mol. The van der Waals surface area contributed by atoms with Crippen LogP contribution in [0.1, 0.15) is 54.4 Å². The fraction of sp³-hybridized carbons (Fsp3) is 0.933. The van der Waals surface area contributed by atoms with E-state index in [0.717, 1.165) is 12.8 Å². The van der Waals surface area contributed by atoms with Crippen LogP contribution in [0.15, 0.2) is 0 Å². The Bertz CT molecular complexity index is 302. The van der Waals surface area contributed by atoms with Gasteiger partial charge >= 0.3 is 0 Å². The summed E-state index contributed by atoms with van der Waals surface area (Å²) >= 11 is 0. The summed E-state index contributed by atoms with van der Waals surface area (Å²) in [6.07, 6.45) is 2.09. The molecule has 0 N–H and O–H groups in total. The Balaban J connectivity index is 2.90. The molecule has 0 bridgehead atoms. The number of rotatable bonds is 2. The highest BCUT2D eigenvalue weighted by molar-refractivity contribution is 5.78. The first-order valence-electron chi connectivity index (χ1n) is 6.99. The third kappa shape index (κ3) is 2.87. The molecule has 1 amide bonds. The third-order valence-electron chi connectivity index (χ3n) is 4.68. The number of piperidine rings is 1. The zero-order valence-corrected chi connectivity index (χ0v) is 13.4. The van der Waals surface area contributed by atoms with Gasteiger partial charge in [0, 0.05) is 30.1 Å². The molecular weight excluding hydrogens is 224 g/mol. The molecule has 0 unspecified atom stereocenters. The maximum atomic E-state index is 12.2. The molecule has 0 aromatic rings. The first-order valence-corrected chi connectivity index (χ1v) is 6.99. The molecule has 0 saturated carbocycles. The zero-order valence-electron chi connectivity index (χ0n) is 13.4. The van der Waals surface area contributed by atoms with Crippen molar-refractivity contribution < 1.29 is 4.79 Å². The monoisotopic (exact) mass is 254 g/mol. The molecule has 0 atom stereocenters. The summed E-state index contributed by atoms with van der Waals surface area (Å²) in [6.45, 7) is 13.0. The molecule has 1 saturated heterocycles. The summed E-state index contributed by atoms with van der Waals surface area (Å²) in [7, 11) is 4.16. The van der Waals surface area contributed by atoms with Crippen LogP contribution in [0, 0.1) is 5.92 Å². The molecule has 0 spiro atoms. The van der Waals surface area contributed by atoms with E-state index in [-0.39, 0.29) is 22.9 Å². The van der Waals surface area contributed by atoms with E-state index in [1.54, 1.807) is 0 Å². The smallest absolute Gasteiger partial charge is 0.225 e. The molecule has 3 heteroatoms. The second-order valence-corrected chi connectivity index (χ2v) is 7.35. The Kier molecular flexibility index (Phi) is 4.16. The highest BCUT2D eigenvalue weighted by Crippen LogP contribution is 2.38. The van der Waals surface area contributed by atoms with Gasteiger partial charge in [-0.3, -0.25) is 9.69 Å². The molecule has 106 valence electrons. The van der Waals surface area contributed by atoms with Crippen molar-refractivity contribution in [2.45, 2.75) is 71.5 Å². The van der Waals surface area contributed by atoms with Gasteiger partial charge < -0.3 is 4.90 Å². The Labute approximate surface area is 113 Å². The molecule has 18 heavy (non-hydrogen) atoms. The lowest BCUT2D eigenvalue weighted by Crippen LogP contribution is -2.63. The van der Waals surface area contributed by atoms with Gasteiger partial charge in [0.2, 0.25) is 5.91 Å². The zero-order chi connectivity index (χ0) is 14.3. The second-order valence-electron chi connectivity index (χ2n) is 7.35. The maximum absolute atomic E-state index is 12.2. The van der Waals surface area contributed by atoms with Crippen LogP contribution in [-0.2, 0) is 4.79 Å². The second kappa shape index (κ2) is 4.84. The Hall–Kier alpha value is -0.570. The molecule has 3 nitrogen and oxygen atoms in total. The fourth-order valence-electron chi connectivity index (χ4n) is 3.18. The topological polar surface area (TPSA) is 23.6 Å². The lowest BCUT2D eigenvalue weighted by Gasteiger charge is -2.55. The van der Waals surface area contributed by atoms with Gasteiger partial charge in [0.1, 0.15) is 0 Å². The minimum atomic E-state index is 0.0841. The van der Waals surface area contributed by atoms with Crippen LogP contribution >= 0.6 is 0 Å². The first kappa shape index (κ1) is 15.5. The van der Waals surface area contributed by atoms with Crippen molar-refractivity contribution >= 4 is 5.91 Å².